The quantitative estimate of drug-likeness (QED) is 0.516. The van der Waals surface area contributed by atoms with Gasteiger partial charge < -0.3 is 15.5 Å². The van der Waals surface area contributed by atoms with Crippen molar-refractivity contribution in [1.82, 2.24) is 15.5 Å². The molecule has 0 heterocycles. The van der Waals surface area contributed by atoms with E-state index in [1.54, 1.807) is 0 Å². The summed E-state index contributed by atoms with van der Waals surface area (Å²) in [6.07, 6.45) is 2.46. The molecule has 2 N–H and O–H groups in total. The zero-order valence-corrected chi connectivity index (χ0v) is 9.40. The van der Waals surface area contributed by atoms with Gasteiger partial charge in [0.05, 0.1) is 0 Å². The molecule has 0 aliphatic heterocycles. The smallest absolute Gasteiger partial charge is 0.00767 e. The molecule has 0 fully saturated rings. The van der Waals surface area contributed by atoms with E-state index < -0.39 is 0 Å². The molecule has 0 aliphatic carbocycles. The van der Waals surface area contributed by atoms with Crippen molar-refractivity contribution >= 4 is 0 Å². The van der Waals surface area contributed by atoms with E-state index in [0.29, 0.717) is 0 Å². The van der Waals surface area contributed by atoms with E-state index in [-0.39, 0.29) is 0 Å². The van der Waals surface area contributed by atoms with Gasteiger partial charge in [0.25, 0.3) is 0 Å². The first-order valence-electron chi connectivity index (χ1n) is 5.33. The second-order valence-electron chi connectivity index (χ2n) is 3.66. The van der Waals surface area contributed by atoms with Crippen LogP contribution in [0.4, 0.5) is 0 Å². The van der Waals surface area contributed by atoms with E-state index in [1.807, 2.05) is 0 Å². The highest BCUT2D eigenvalue weighted by Gasteiger charge is 1.90. The van der Waals surface area contributed by atoms with E-state index in [4.69, 9.17) is 0 Å². The summed E-state index contributed by atoms with van der Waals surface area (Å²) in [7, 11) is 4.23. The Morgan fingerprint density at radius 1 is 0.923 bits per heavy atom. The largest absolute Gasteiger partial charge is 0.315 e. The average Bonchev–Trinajstić information content (AvgIpc) is 2.09. The Hall–Kier alpha value is -0.120. The summed E-state index contributed by atoms with van der Waals surface area (Å²) in [4.78, 5) is 2.22. The first kappa shape index (κ1) is 12.9. The number of hydrogen-bond donors (Lipinski definition) is 2. The number of rotatable bonds is 9. The standard InChI is InChI=1S/C10H25N3/c1-4-6-11-8-9-12-7-5-10-13(2)3/h11-12H,4-10H2,1-3H3. The Morgan fingerprint density at radius 2 is 1.54 bits per heavy atom. The maximum Gasteiger partial charge on any atom is 0.00767 e. The summed E-state index contributed by atoms with van der Waals surface area (Å²) in [5, 5.41) is 6.77. The summed E-state index contributed by atoms with van der Waals surface area (Å²) in [6, 6.07) is 0. The van der Waals surface area contributed by atoms with Crippen LogP contribution in [0.5, 0.6) is 0 Å². The van der Waals surface area contributed by atoms with Gasteiger partial charge in [0.1, 0.15) is 0 Å². The Morgan fingerprint density at radius 3 is 2.08 bits per heavy atom. The second kappa shape index (κ2) is 9.96. The minimum Gasteiger partial charge on any atom is -0.315 e. The molecule has 0 bridgehead atoms. The van der Waals surface area contributed by atoms with Crippen LogP contribution in [0.3, 0.4) is 0 Å². The fraction of sp³-hybridized carbons (Fsp3) is 1.00. The molecule has 0 aromatic rings. The summed E-state index contributed by atoms with van der Waals surface area (Å²) in [5.74, 6) is 0. The minimum atomic E-state index is 1.09. The van der Waals surface area contributed by atoms with Crippen molar-refractivity contribution in [3.05, 3.63) is 0 Å². The lowest BCUT2D eigenvalue weighted by atomic mass is 10.4. The number of hydrogen-bond acceptors (Lipinski definition) is 3. The second-order valence-corrected chi connectivity index (χ2v) is 3.66. The molecule has 0 aliphatic rings. The van der Waals surface area contributed by atoms with Gasteiger partial charge in [-0.25, -0.2) is 0 Å². The first-order chi connectivity index (χ1) is 6.27. The van der Waals surface area contributed by atoms with Crippen molar-refractivity contribution in [3.8, 4) is 0 Å². The van der Waals surface area contributed by atoms with Crippen molar-refractivity contribution in [2.75, 3.05) is 46.8 Å². The molecular weight excluding hydrogens is 162 g/mol. The van der Waals surface area contributed by atoms with Crippen molar-refractivity contribution in [3.63, 3.8) is 0 Å². The van der Waals surface area contributed by atoms with Gasteiger partial charge in [0.15, 0.2) is 0 Å². The third-order valence-electron chi connectivity index (χ3n) is 1.86. The number of nitrogens with zero attached hydrogens (tertiary/aromatic N) is 1. The highest BCUT2D eigenvalue weighted by molar-refractivity contribution is 4.53. The Bertz CT molecular complexity index is 94.2. The molecular formula is C10H25N3. The van der Waals surface area contributed by atoms with E-state index in [0.717, 1.165) is 26.2 Å². The van der Waals surface area contributed by atoms with Crippen LogP contribution in [0.2, 0.25) is 0 Å². The topological polar surface area (TPSA) is 27.3 Å². The molecule has 3 nitrogen and oxygen atoms in total. The lowest BCUT2D eigenvalue weighted by Crippen LogP contribution is -2.29. The molecule has 0 atom stereocenters. The third-order valence-corrected chi connectivity index (χ3v) is 1.86. The Balaban J connectivity index is 2.84. The monoisotopic (exact) mass is 187 g/mol. The zero-order valence-electron chi connectivity index (χ0n) is 9.40. The summed E-state index contributed by atoms with van der Waals surface area (Å²) >= 11 is 0. The minimum absolute atomic E-state index is 1.09. The molecule has 0 spiro atoms. The fourth-order valence-corrected chi connectivity index (χ4v) is 1.12. The van der Waals surface area contributed by atoms with Crippen LogP contribution >= 0.6 is 0 Å². The van der Waals surface area contributed by atoms with Crippen LogP contribution in [0.15, 0.2) is 0 Å². The molecule has 13 heavy (non-hydrogen) atoms. The first-order valence-corrected chi connectivity index (χ1v) is 5.33. The van der Waals surface area contributed by atoms with Gasteiger partial charge in [0.2, 0.25) is 0 Å². The summed E-state index contributed by atoms with van der Waals surface area (Å²) < 4.78 is 0. The normalized spacial score (nSPS) is 11.1. The molecule has 0 saturated heterocycles. The van der Waals surface area contributed by atoms with Gasteiger partial charge in [-0.1, -0.05) is 6.92 Å². The van der Waals surface area contributed by atoms with Gasteiger partial charge in [0, 0.05) is 13.1 Å². The van der Waals surface area contributed by atoms with Crippen LogP contribution in [0, 0.1) is 0 Å². The van der Waals surface area contributed by atoms with Crippen LogP contribution in [-0.4, -0.2) is 51.7 Å². The van der Waals surface area contributed by atoms with E-state index in [9.17, 15) is 0 Å². The van der Waals surface area contributed by atoms with Crippen molar-refractivity contribution in [1.29, 1.82) is 0 Å². The van der Waals surface area contributed by atoms with Crippen LogP contribution in [0.25, 0.3) is 0 Å². The lowest BCUT2D eigenvalue weighted by Gasteiger charge is -2.09. The molecule has 0 amide bonds. The van der Waals surface area contributed by atoms with E-state index in [2.05, 4.69) is 36.6 Å². The molecule has 0 unspecified atom stereocenters. The molecule has 0 saturated carbocycles. The van der Waals surface area contributed by atoms with Gasteiger partial charge in [-0.2, -0.15) is 0 Å². The Kier molecular flexibility index (Phi) is 9.87. The molecule has 0 radical (unpaired) electrons. The van der Waals surface area contributed by atoms with E-state index >= 15 is 0 Å². The third kappa shape index (κ3) is 11.9. The average molecular weight is 187 g/mol. The SMILES string of the molecule is CCCNCCNCCCN(C)C. The van der Waals surface area contributed by atoms with Crippen LogP contribution in [-0.2, 0) is 0 Å². The Labute approximate surface area is 82.9 Å². The maximum atomic E-state index is 3.41. The highest BCUT2D eigenvalue weighted by Crippen LogP contribution is 1.79. The summed E-state index contributed by atoms with van der Waals surface area (Å²) in [6.45, 7) is 7.82. The highest BCUT2D eigenvalue weighted by atomic mass is 15.1. The predicted molar refractivity (Wildman–Crippen MR) is 59.2 cm³/mol. The molecule has 80 valence electrons. The van der Waals surface area contributed by atoms with Crippen LogP contribution < -0.4 is 10.6 Å². The fourth-order valence-electron chi connectivity index (χ4n) is 1.12. The van der Waals surface area contributed by atoms with E-state index in [1.165, 1.54) is 19.4 Å². The molecule has 0 aromatic carbocycles. The van der Waals surface area contributed by atoms with Gasteiger partial charge in [-0.05, 0) is 46.6 Å². The van der Waals surface area contributed by atoms with Gasteiger partial charge in [-0.15, -0.1) is 0 Å². The van der Waals surface area contributed by atoms with Crippen molar-refractivity contribution in [2.45, 2.75) is 19.8 Å². The van der Waals surface area contributed by atoms with Crippen molar-refractivity contribution < 1.29 is 0 Å². The molecule has 0 aromatic heterocycles. The molecule has 0 rings (SSSR count). The van der Waals surface area contributed by atoms with Crippen LogP contribution in [0.1, 0.15) is 19.8 Å². The lowest BCUT2D eigenvalue weighted by molar-refractivity contribution is 0.394. The van der Waals surface area contributed by atoms with Gasteiger partial charge >= 0.3 is 0 Å². The maximum absolute atomic E-state index is 3.41. The predicted octanol–water partition coefficient (Wildman–Crippen LogP) is 0.527. The number of nitrogens with one attached hydrogen (secondary N) is 2. The summed E-state index contributed by atoms with van der Waals surface area (Å²) in [5.41, 5.74) is 0. The molecule has 3 heteroatoms. The van der Waals surface area contributed by atoms with Crippen molar-refractivity contribution in [2.24, 2.45) is 0 Å². The zero-order chi connectivity index (χ0) is 9.94. The van der Waals surface area contributed by atoms with Gasteiger partial charge in [-0.3, -0.25) is 0 Å².